The molecule has 1 atom stereocenters. The molecule has 6 nitrogen and oxygen atoms in total. The van der Waals surface area contributed by atoms with Crippen LogP contribution in [-0.4, -0.2) is 32.2 Å². The second-order valence-corrected chi connectivity index (χ2v) is 6.86. The van der Waals surface area contributed by atoms with E-state index < -0.39 is 12.1 Å². The zero-order chi connectivity index (χ0) is 20.7. The summed E-state index contributed by atoms with van der Waals surface area (Å²) >= 11 is 24.1. The van der Waals surface area contributed by atoms with Gasteiger partial charge in [0.2, 0.25) is 5.76 Å². The number of nitrogens with one attached hydrogen (secondary N) is 1. The number of hydrogen-bond donors (Lipinski definition) is 1. The van der Waals surface area contributed by atoms with Gasteiger partial charge in [0.1, 0.15) is 6.26 Å². The van der Waals surface area contributed by atoms with Gasteiger partial charge in [-0.05, 0) is 30.4 Å². The van der Waals surface area contributed by atoms with Crippen molar-refractivity contribution in [2.75, 3.05) is 19.6 Å². The van der Waals surface area contributed by atoms with E-state index in [4.69, 9.17) is 55.9 Å². The lowest BCUT2D eigenvalue weighted by Crippen LogP contribution is -2.19. The number of benzene rings is 1. The highest BCUT2D eigenvalue weighted by Crippen LogP contribution is 2.33. The van der Waals surface area contributed by atoms with Gasteiger partial charge in [-0.2, -0.15) is 0 Å². The fraction of sp³-hybridized carbons (Fsp3) is 0.167. The summed E-state index contributed by atoms with van der Waals surface area (Å²) < 4.78 is 15.1. The van der Waals surface area contributed by atoms with E-state index in [9.17, 15) is 4.79 Å². The fourth-order valence-corrected chi connectivity index (χ4v) is 3.12. The highest BCUT2D eigenvalue weighted by molar-refractivity contribution is 6.41. The first-order chi connectivity index (χ1) is 13.3. The summed E-state index contributed by atoms with van der Waals surface area (Å²) in [4.78, 5) is 11.8. The average Bonchev–Trinajstić information content (AvgIpc) is 2.64. The molecule has 0 amide bonds. The van der Waals surface area contributed by atoms with Crippen molar-refractivity contribution >= 4 is 63.9 Å². The predicted molar refractivity (Wildman–Crippen MR) is 111 cm³/mol. The van der Waals surface area contributed by atoms with E-state index >= 15 is 0 Å². The van der Waals surface area contributed by atoms with Gasteiger partial charge >= 0.3 is 5.97 Å². The Hall–Kier alpha value is -2.08. The van der Waals surface area contributed by atoms with Crippen LogP contribution in [0.3, 0.4) is 0 Å². The Morgan fingerprint density at radius 1 is 1.21 bits per heavy atom. The maximum absolute atomic E-state index is 11.8. The van der Waals surface area contributed by atoms with Crippen molar-refractivity contribution in [2.24, 2.45) is 5.10 Å². The molecule has 0 saturated heterocycles. The van der Waals surface area contributed by atoms with Gasteiger partial charge in [0, 0.05) is 15.9 Å². The number of carbonyl (C=O) groups excluding carboxylic acids is 1. The number of allylic oxidation sites excluding steroid dienone is 2. The SMILES string of the molecule is COC=C(OC1C=CC(Cl)=CC1=C=NNc1c(Cl)cc(Cl)cc1Cl)C(=O)OC. The summed E-state index contributed by atoms with van der Waals surface area (Å²) in [6.45, 7) is 0. The normalized spacial score (nSPS) is 16.1. The number of nitrogens with zero attached hydrogens (tertiary/aromatic N) is 1. The maximum atomic E-state index is 11.8. The van der Waals surface area contributed by atoms with Crippen LogP contribution in [0.15, 0.2) is 58.1 Å². The van der Waals surface area contributed by atoms with Gasteiger partial charge in [0.05, 0.1) is 35.5 Å². The molecule has 1 aliphatic rings. The van der Waals surface area contributed by atoms with Crippen LogP contribution in [0.25, 0.3) is 0 Å². The number of esters is 1. The van der Waals surface area contributed by atoms with Gasteiger partial charge in [0.25, 0.3) is 0 Å². The highest BCUT2D eigenvalue weighted by Gasteiger charge is 2.21. The van der Waals surface area contributed by atoms with Gasteiger partial charge in [-0.3, -0.25) is 5.43 Å². The molecule has 28 heavy (non-hydrogen) atoms. The largest absolute Gasteiger partial charge is 0.500 e. The first kappa shape index (κ1) is 22.2. The van der Waals surface area contributed by atoms with Crippen LogP contribution in [-0.2, 0) is 19.0 Å². The monoisotopic (exact) mass is 462 g/mol. The Balaban J connectivity index is 2.29. The average molecular weight is 464 g/mol. The van der Waals surface area contributed by atoms with Gasteiger partial charge in [0.15, 0.2) is 6.10 Å². The number of carbonyl (C=O) groups is 1. The Bertz CT molecular complexity index is 895. The van der Waals surface area contributed by atoms with Gasteiger partial charge in [-0.1, -0.05) is 46.4 Å². The van der Waals surface area contributed by atoms with E-state index in [1.807, 2.05) is 0 Å². The van der Waals surface area contributed by atoms with Crippen molar-refractivity contribution in [1.29, 1.82) is 0 Å². The number of anilines is 1. The molecule has 2 rings (SSSR count). The van der Waals surface area contributed by atoms with Crippen molar-refractivity contribution in [2.45, 2.75) is 6.10 Å². The smallest absolute Gasteiger partial charge is 0.376 e. The van der Waals surface area contributed by atoms with Crippen molar-refractivity contribution < 1.29 is 19.0 Å². The molecule has 0 spiro atoms. The van der Waals surface area contributed by atoms with Crippen molar-refractivity contribution in [3.63, 3.8) is 0 Å². The number of ether oxygens (including phenoxy) is 3. The minimum Gasteiger partial charge on any atom is -0.500 e. The van der Waals surface area contributed by atoms with Crippen LogP contribution in [0.5, 0.6) is 0 Å². The van der Waals surface area contributed by atoms with Crippen LogP contribution in [0.1, 0.15) is 0 Å². The topological polar surface area (TPSA) is 69.2 Å². The van der Waals surface area contributed by atoms with E-state index in [1.165, 1.54) is 26.4 Å². The third kappa shape index (κ3) is 5.96. The predicted octanol–water partition coefficient (Wildman–Crippen LogP) is 5.31. The lowest BCUT2D eigenvalue weighted by atomic mass is 10.1. The molecular formula is C18H14Cl4N2O4. The molecule has 0 aromatic heterocycles. The summed E-state index contributed by atoms with van der Waals surface area (Å²) in [6, 6.07) is 3.04. The van der Waals surface area contributed by atoms with Gasteiger partial charge in [-0.15, -0.1) is 5.10 Å². The molecule has 0 radical (unpaired) electrons. The fourth-order valence-electron chi connectivity index (χ4n) is 2.03. The van der Waals surface area contributed by atoms with Crippen LogP contribution in [0.2, 0.25) is 15.1 Å². The summed E-state index contributed by atoms with van der Waals surface area (Å²) in [5.74, 6) is 1.91. The number of hydrazone groups is 1. The van der Waals surface area contributed by atoms with E-state index in [-0.39, 0.29) is 15.8 Å². The third-order valence-electron chi connectivity index (χ3n) is 3.26. The summed E-state index contributed by atoms with van der Waals surface area (Å²) in [5, 5.41) is 5.38. The summed E-state index contributed by atoms with van der Waals surface area (Å²) in [7, 11) is 2.60. The summed E-state index contributed by atoms with van der Waals surface area (Å²) in [6.07, 6.45) is 5.21. The van der Waals surface area contributed by atoms with Crippen molar-refractivity contribution in [1.82, 2.24) is 0 Å². The molecule has 10 heteroatoms. The summed E-state index contributed by atoms with van der Waals surface area (Å²) in [5.41, 5.74) is 3.47. The number of rotatable bonds is 6. The molecule has 1 N–H and O–H groups in total. The zero-order valence-electron chi connectivity index (χ0n) is 14.6. The molecule has 0 heterocycles. The molecule has 1 aliphatic carbocycles. The molecule has 0 fully saturated rings. The maximum Gasteiger partial charge on any atom is 0.376 e. The lowest BCUT2D eigenvalue weighted by molar-refractivity contribution is -0.140. The van der Waals surface area contributed by atoms with E-state index in [0.717, 1.165) is 6.26 Å². The van der Waals surface area contributed by atoms with Gasteiger partial charge in [-0.25, -0.2) is 4.79 Å². The Morgan fingerprint density at radius 3 is 2.50 bits per heavy atom. The second kappa shape index (κ2) is 10.5. The van der Waals surface area contributed by atoms with Crippen LogP contribution in [0, 0.1) is 0 Å². The first-order valence-corrected chi connectivity index (χ1v) is 9.13. The molecule has 1 aromatic carbocycles. The first-order valence-electron chi connectivity index (χ1n) is 7.62. The van der Waals surface area contributed by atoms with Crippen molar-refractivity contribution in [3.05, 3.63) is 68.1 Å². The van der Waals surface area contributed by atoms with Gasteiger partial charge < -0.3 is 14.2 Å². The highest BCUT2D eigenvalue weighted by atomic mass is 35.5. The molecule has 0 aliphatic heterocycles. The molecule has 1 aromatic rings. The number of hydrogen-bond acceptors (Lipinski definition) is 6. The van der Waals surface area contributed by atoms with Crippen LogP contribution < -0.4 is 5.43 Å². The molecule has 148 valence electrons. The lowest BCUT2D eigenvalue weighted by Gasteiger charge is -2.18. The standard InChI is InChI=1S/C18H14Cl4N2O4/c1-26-9-16(18(25)27-2)28-15-4-3-11(19)5-10(15)8-23-24-17-13(21)6-12(20)7-14(17)22/h3-7,9,15,24H,1-2H3. The molecular weight excluding hydrogens is 450 g/mol. The van der Waals surface area contributed by atoms with E-state index in [0.29, 0.717) is 21.3 Å². The molecule has 0 bridgehead atoms. The number of methoxy groups -OCH3 is 2. The quantitative estimate of drug-likeness (QED) is 0.203. The zero-order valence-corrected chi connectivity index (χ0v) is 17.7. The Morgan fingerprint density at radius 2 is 1.89 bits per heavy atom. The molecule has 0 saturated carbocycles. The Kier molecular flexibility index (Phi) is 8.30. The van der Waals surface area contributed by atoms with E-state index in [2.05, 4.69) is 21.1 Å². The van der Waals surface area contributed by atoms with Crippen LogP contribution >= 0.6 is 46.4 Å². The minimum absolute atomic E-state index is 0.137. The minimum atomic E-state index is -0.718. The molecule has 1 unspecified atom stereocenters. The second-order valence-electron chi connectivity index (χ2n) is 5.17. The third-order valence-corrected chi connectivity index (χ3v) is 4.30. The number of halogens is 4. The Labute approximate surface area is 181 Å². The van der Waals surface area contributed by atoms with Crippen LogP contribution in [0.4, 0.5) is 5.69 Å². The van der Waals surface area contributed by atoms with Crippen molar-refractivity contribution in [3.8, 4) is 0 Å². The van der Waals surface area contributed by atoms with E-state index in [1.54, 1.807) is 18.2 Å².